The van der Waals surface area contributed by atoms with E-state index in [9.17, 15) is 18.0 Å². The first kappa shape index (κ1) is 15.1. The van der Waals surface area contributed by atoms with Crippen LogP contribution in [0.3, 0.4) is 0 Å². The largest absolute Gasteiger partial charge is 0.465 e. The molecule has 0 atom stereocenters. The number of nitrogens with two attached hydrogens (primary N) is 1. The Kier molecular flexibility index (Phi) is 5.02. The molecule has 1 aromatic rings. The number of nitrogen functional groups attached to an aromatic ring is 1. The number of alkyl halides is 3. The first-order chi connectivity index (χ1) is 8.83. The van der Waals surface area contributed by atoms with Gasteiger partial charge in [-0.2, -0.15) is 13.2 Å². The molecule has 106 valence electrons. The summed E-state index contributed by atoms with van der Waals surface area (Å²) in [5, 5.41) is 2.80. The van der Waals surface area contributed by atoms with Crippen LogP contribution >= 0.6 is 0 Å². The molecular weight excluding hydrogens is 261 g/mol. The zero-order valence-corrected chi connectivity index (χ0v) is 10.4. The molecule has 3 N–H and O–H groups in total. The second-order valence-electron chi connectivity index (χ2n) is 3.94. The molecule has 0 bridgehead atoms. The van der Waals surface area contributed by atoms with Gasteiger partial charge in [0.2, 0.25) is 0 Å². The standard InChI is InChI=1S/C12H15F3N2O2/c1-19-11(18)9-7-8(3-4-10(9)16)17-6-2-5-12(13,14)15/h3-4,7,17H,2,5-6,16H2,1H3. The van der Waals surface area contributed by atoms with Crippen LogP contribution in [0.5, 0.6) is 0 Å². The highest BCUT2D eigenvalue weighted by Crippen LogP contribution is 2.22. The molecule has 0 aromatic heterocycles. The van der Waals surface area contributed by atoms with E-state index in [0.717, 1.165) is 0 Å². The van der Waals surface area contributed by atoms with Crippen LogP contribution in [-0.2, 0) is 4.74 Å². The number of ether oxygens (including phenoxy) is 1. The highest BCUT2D eigenvalue weighted by atomic mass is 19.4. The lowest BCUT2D eigenvalue weighted by Gasteiger charge is -2.10. The van der Waals surface area contributed by atoms with Gasteiger partial charge in [0.25, 0.3) is 0 Å². The summed E-state index contributed by atoms with van der Waals surface area (Å²) in [4.78, 5) is 11.4. The molecule has 0 saturated carbocycles. The van der Waals surface area contributed by atoms with Crippen molar-refractivity contribution in [2.45, 2.75) is 19.0 Å². The third kappa shape index (κ3) is 5.07. The van der Waals surface area contributed by atoms with E-state index in [0.29, 0.717) is 5.69 Å². The number of hydrogen-bond acceptors (Lipinski definition) is 4. The monoisotopic (exact) mass is 276 g/mol. The van der Waals surface area contributed by atoms with Crippen LogP contribution in [-0.4, -0.2) is 25.8 Å². The van der Waals surface area contributed by atoms with Gasteiger partial charge in [-0.3, -0.25) is 0 Å². The SMILES string of the molecule is COC(=O)c1cc(NCCCC(F)(F)F)ccc1N. The van der Waals surface area contributed by atoms with Crippen molar-refractivity contribution in [2.24, 2.45) is 0 Å². The van der Waals surface area contributed by atoms with Crippen molar-refractivity contribution in [1.82, 2.24) is 0 Å². The average Bonchev–Trinajstić information content (AvgIpc) is 2.34. The third-order valence-corrected chi connectivity index (χ3v) is 2.42. The summed E-state index contributed by atoms with van der Waals surface area (Å²) in [6, 6.07) is 4.54. The fraction of sp³-hybridized carbons (Fsp3) is 0.417. The second-order valence-corrected chi connectivity index (χ2v) is 3.94. The smallest absolute Gasteiger partial charge is 0.389 e. The summed E-state index contributed by atoms with van der Waals surface area (Å²) >= 11 is 0. The molecule has 1 rings (SSSR count). The summed E-state index contributed by atoms with van der Waals surface area (Å²) in [5.41, 5.74) is 6.57. The number of halogens is 3. The molecule has 0 fully saturated rings. The Morgan fingerprint density at radius 1 is 1.42 bits per heavy atom. The highest BCUT2D eigenvalue weighted by Gasteiger charge is 2.25. The molecule has 1 aromatic carbocycles. The van der Waals surface area contributed by atoms with E-state index >= 15 is 0 Å². The number of rotatable bonds is 5. The van der Waals surface area contributed by atoms with Gasteiger partial charge in [0.05, 0.1) is 12.7 Å². The predicted octanol–water partition coefficient (Wildman–Crippen LogP) is 2.81. The van der Waals surface area contributed by atoms with Gasteiger partial charge < -0.3 is 15.8 Å². The van der Waals surface area contributed by atoms with Crippen LogP contribution in [0.15, 0.2) is 18.2 Å². The number of benzene rings is 1. The van der Waals surface area contributed by atoms with Crippen molar-refractivity contribution in [3.05, 3.63) is 23.8 Å². The van der Waals surface area contributed by atoms with Gasteiger partial charge in [-0.25, -0.2) is 4.79 Å². The van der Waals surface area contributed by atoms with Crippen LogP contribution in [0, 0.1) is 0 Å². The minimum atomic E-state index is -4.15. The molecule has 7 heteroatoms. The number of nitrogens with one attached hydrogen (secondary N) is 1. The summed E-state index contributed by atoms with van der Waals surface area (Å²) in [7, 11) is 1.23. The molecule has 0 heterocycles. The summed E-state index contributed by atoms with van der Waals surface area (Å²) < 4.78 is 40.4. The number of carbonyl (C=O) groups excluding carboxylic acids is 1. The minimum absolute atomic E-state index is 0.0402. The Hall–Kier alpha value is -1.92. The van der Waals surface area contributed by atoms with Crippen molar-refractivity contribution in [3.63, 3.8) is 0 Å². The van der Waals surface area contributed by atoms with E-state index in [2.05, 4.69) is 10.1 Å². The van der Waals surface area contributed by atoms with E-state index in [1.807, 2.05) is 0 Å². The zero-order chi connectivity index (χ0) is 14.5. The van der Waals surface area contributed by atoms with E-state index in [1.54, 1.807) is 6.07 Å². The molecule has 0 radical (unpaired) electrons. The Morgan fingerprint density at radius 3 is 2.68 bits per heavy atom. The third-order valence-electron chi connectivity index (χ3n) is 2.42. The van der Waals surface area contributed by atoms with Crippen molar-refractivity contribution in [1.29, 1.82) is 0 Å². The van der Waals surface area contributed by atoms with Gasteiger partial charge in [0.15, 0.2) is 0 Å². The first-order valence-electron chi connectivity index (χ1n) is 5.62. The van der Waals surface area contributed by atoms with E-state index < -0.39 is 18.6 Å². The molecule has 4 nitrogen and oxygen atoms in total. The summed E-state index contributed by atoms with van der Waals surface area (Å²) in [6.07, 6.45) is -5.04. The van der Waals surface area contributed by atoms with Crippen molar-refractivity contribution < 1.29 is 22.7 Å². The fourth-order valence-electron chi connectivity index (χ4n) is 1.47. The maximum Gasteiger partial charge on any atom is 0.389 e. The molecule has 0 saturated heterocycles. The molecule has 0 unspecified atom stereocenters. The molecule has 19 heavy (non-hydrogen) atoms. The maximum absolute atomic E-state index is 11.9. The van der Waals surface area contributed by atoms with Gasteiger partial charge in [0.1, 0.15) is 0 Å². The Bertz CT molecular complexity index is 447. The zero-order valence-electron chi connectivity index (χ0n) is 10.4. The normalized spacial score (nSPS) is 11.2. The lowest BCUT2D eigenvalue weighted by molar-refractivity contribution is -0.134. The minimum Gasteiger partial charge on any atom is -0.465 e. The van der Waals surface area contributed by atoms with Crippen LogP contribution in [0.4, 0.5) is 24.5 Å². The Balaban J connectivity index is 2.58. The molecule has 0 amide bonds. The van der Waals surface area contributed by atoms with Crippen molar-refractivity contribution in [2.75, 3.05) is 24.7 Å². The highest BCUT2D eigenvalue weighted by molar-refractivity contribution is 5.96. The van der Waals surface area contributed by atoms with E-state index in [-0.39, 0.29) is 24.2 Å². The number of anilines is 2. The molecule has 0 aliphatic heterocycles. The van der Waals surface area contributed by atoms with Crippen LogP contribution in [0.25, 0.3) is 0 Å². The van der Waals surface area contributed by atoms with Gasteiger partial charge in [-0.15, -0.1) is 0 Å². The fourth-order valence-corrected chi connectivity index (χ4v) is 1.47. The number of hydrogen-bond donors (Lipinski definition) is 2. The molecule has 0 aliphatic rings. The van der Waals surface area contributed by atoms with Crippen molar-refractivity contribution in [3.8, 4) is 0 Å². The van der Waals surface area contributed by atoms with E-state index in [4.69, 9.17) is 5.73 Å². The van der Waals surface area contributed by atoms with E-state index in [1.165, 1.54) is 19.2 Å². The second kappa shape index (κ2) is 6.31. The summed E-state index contributed by atoms with van der Waals surface area (Å²) in [6.45, 7) is 0.157. The maximum atomic E-state index is 11.9. The quantitative estimate of drug-likeness (QED) is 0.493. The lowest BCUT2D eigenvalue weighted by Crippen LogP contribution is -2.11. The Labute approximate surface area is 108 Å². The molecule has 0 aliphatic carbocycles. The summed E-state index contributed by atoms with van der Waals surface area (Å²) in [5.74, 6) is -0.587. The molecular formula is C12H15F3N2O2. The number of esters is 1. The predicted molar refractivity (Wildman–Crippen MR) is 66.0 cm³/mol. The lowest BCUT2D eigenvalue weighted by atomic mass is 10.1. The first-order valence-corrected chi connectivity index (χ1v) is 5.62. The topological polar surface area (TPSA) is 64.3 Å². The van der Waals surface area contributed by atoms with Gasteiger partial charge in [0, 0.05) is 24.3 Å². The number of carbonyl (C=O) groups is 1. The number of methoxy groups -OCH3 is 1. The van der Waals surface area contributed by atoms with Gasteiger partial charge in [-0.05, 0) is 24.6 Å². The molecule has 0 spiro atoms. The van der Waals surface area contributed by atoms with Crippen LogP contribution < -0.4 is 11.1 Å². The van der Waals surface area contributed by atoms with Gasteiger partial charge in [-0.1, -0.05) is 0 Å². The van der Waals surface area contributed by atoms with Crippen molar-refractivity contribution >= 4 is 17.3 Å². The Morgan fingerprint density at radius 2 is 2.11 bits per heavy atom. The average molecular weight is 276 g/mol. The van der Waals surface area contributed by atoms with Crippen LogP contribution in [0.1, 0.15) is 23.2 Å². The van der Waals surface area contributed by atoms with Crippen LogP contribution in [0.2, 0.25) is 0 Å². The van der Waals surface area contributed by atoms with Gasteiger partial charge >= 0.3 is 12.1 Å².